The molecule has 126 valence electrons. The Morgan fingerprint density at radius 3 is 2.28 bits per heavy atom. The van der Waals surface area contributed by atoms with E-state index < -0.39 is 34.3 Å². The fourth-order valence-corrected chi connectivity index (χ4v) is 4.24. The van der Waals surface area contributed by atoms with Crippen LogP contribution < -0.4 is 10.1 Å². The number of nitriles is 3. The molecule has 1 aliphatic heterocycles. The Morgan fingerprint density at radius 2 is 1.80 bits per heavy atom. The van der Waals surface area contributed by atoms with Crippen molar-refractivity contribution in [1.29, 1.82) is 15.8 Å². The van der Waals surface area contributed by atoms with Crippen molar-refractivity contribution >= 4 is 5.91 Å². The minimum Gasteiger partial charge on any atom is -0.497 e. The zero-order valence-electron chi connectivity index (χ0n) is 13.8. The van der Waals surface area contributed by atoms with Gasteiger partial charge in [0.1, 0.15) is 11.5 Å². The van der Waals surface area contributed by atoms with Crippen LogP contribution in [0.2, 0.25) is 0 Å². The van der Waals surface area contributed by atoms with Crippen molar-refractivity contribution in [1.82, 2.24) is 5.32 Å². The van der Waals surface area contributed by atoms with Crippen LogP contribution in [0.25, 0.3) is 0 Å². The van der Waals surface area contributed by atoms with Gasteiger partial charge in [0.15, 0.2) is 10.8 Å². The number of aliphatic hydroxyl groups is 1. The van der Waals surface area contributed by atoms with Gasteiger partial charge in [-0.3, -0.25) is 4.79 Å². The summed E-state index contributed by atoms with van der Waals surface area (Å²) in [5.41, 5.74) is -4.92. The quantitative estimate of drug-likeness (QED) is 0.834. The summed E-state index contributed by atoms with van der Waals surface area (Å²) < 4.78 is 5.11. The second kappa shape index (κ2) is 5.21. The standard InChI is InChI=1S/C18H16N4O3/c1-11-17(10-21)15(23)22-18(11,24)7-14(16(17,8-19)9-20)12-3-5-13(25-2)6-4-12/h3-6,11,14,24H,7H2,1-2H3,(H,22,23)/t11-,14-,17+,18-/m1/s1. The number of ether oxygens (including phenoxy) is 1. The Balaban J connectivity index is 2.26. The van der Waals surface area contributed by atoms with Crippen LogP contribution >= 0.6 is 0 Å². The predicted octanol–water partition coefficient (Wildman–Crippen LogP) is 1.18. The molecule has 0 unspecified atom stereocenters. The van der Waals surface area contributed by atoms with Crippen LogP contribution in [0.3, 0.4) is 0 Å². The third-order valence-electron chi connectivity index (χ3n) is 5.76. The number of hydrogen-bond donors (Lipinski definition) is 2. The molecule has 2 N–H and O–H groups in total. The van der Waals surface area contributed by atoms with Gasteiger partial charge in [-0.2, -0.15) is 15.8 Å². The molecule has 2 bridgehead atoms. The van der Waals surface area contributed by atoms with E-state index >= 15 is 0 Å². The van der Waals surface area contributed by atoms with Crippen LogP contribution in [0.1, 0.15) is 24.8 Å². The molecule has 1 saturated carbocycles. The molecule has 1 saturated heterocycles. The van der Waals surface area contributed by atoms with Crippen molar-refractivity contribution in [2.24, 2.45) is 16.7 Å². The summed E-state index contributed by atoms with van der Waals surface area (Å²) in [6, 6.07) is 12.5. The van der Waals surface area contributed by atoms with Crippen molar-refractivity contribution in [3.05, 3.63) is 29.8 Å². The Kier molecular flexibility index (Phi) is 3.49. The molecule has 1 heterocycles. The van der Waals surface area contributed by atoms with Gasteiger partial charge in [-0.1, -0.05) is 19.1 Å². The maximum Gasteiger partial charge on any atom is 0.245 e. The predicted molar refractivity (Wildman–Crippen MR) is 84.3 cm³/mol. The summed E-state index contributed by atoms with van der Waals surface area (Å²) in [6.45, 7) is 1.52. The van der Waals surface area contributed by atoms with Gasteiger partial charge in [-0.05, 0) is 17.7 Å². The molecule has 0 spiro atoms. The number of fused-ring (bicyclic) bond motifs is 2. The van der Waals surface area contributed by atoms with Crippen LogP contribution in [-0.4, -0.2) is 23.8 Å². The molecule has 1 aromatic carbocycles. The first-order valence-corrected chi connectivity index (χ1v) is 7.78. The smallest absolute Gasteiger partial charge is 0.245 e. The van der Waals surface area contributed by atoms with E-state index in [0.717, 1.165) is 0 Å². The van der Waals surface area contributed by atoms with Gasteiger partial charge in [0.2, 0.25) is 5.91 Å². The fraction of sp³-hybridized carbons (Fsp3) is 0.444. The minimum absolute atomic E-state index is 0.0310. The topological polar surface area (TPSA) is 130 Å². The molecule has 0 aromatic heterocycles. The fourth-order valence-electron chi connectivity index (χ4n) is 4.24. The molecular weight excluding hydrogens is 320 g/mol. The summed E-state index contributed by atoms with van der Waals surface area (Å²) >= 11 is 0. The zero-order chi connectivity index (χ0) is 18.5. The van der Waals surface area contributed by atoms with E-state index in [-0.39, 0.29) is 6.42 Å². The second-order valence-electron chi connectivity index (χ2n) is 6.58. The lowest BCUT2D eigenvalue weighted by atomic mass is 9.48. The highest BCUT2D eigenvalue weighted by atomic mass is 16.5. The van der Waals surface area contributed by atoms with E-state index in [0.29, 0.717) is 11.3 Å². The lowest BCUT2D eigenvalue weighted by Crippen LogP contribution is -2.57. The molecule has 1 amide bonds. The minimum atomic E-state index is -1.95. The molecule has 7 heteroatoms. The largest absolute Gasteiger partial charge is 0.497 e. The average Bonchev–Trinajstić information content (AvgIpc) is 2.77. The van der Waals surface area contributed by atoms with Crippen LogP contribution in [0.4, 0.5) is 0 Å². The molecule has 3 rings (SSSR count). The Morgan fingerprint density at radius 1 is 1.20 bits per heavy atom. The molecule has 1 aliphatic carbocycles. The van der Waals surface area contributed by atoms with Crippen LogP contribution in [0.15, 0.2) is 24.3 Å². The molecule has 4 atom stereocenters. The Labute approximate surface area is 145 Å². The maximum absolute atomic E-state index is 12.6. The number of hydrogen-bond acceptors (Lipinski definition) is 6. The van der Waals surface area contributed by atoms with E-state index in [9.17, 15) is 25.7 Å². The third kappa shape index (κ3) is 1.78. The van der Waals surface area contributed by atoms with E-state index in [4.69, 9.17) is 4.74 Å². The van der Waals surface area contributed by atoms with Gasteiger partial charge in [-0.15, -0.1) is 0 Å². The van der Waals surface area contributed by atoms with E-state index in [1.54, 1.807) is 24.3 Å². The third-order valence-corrected chi connectivity index (χ3v) is 5.76. The monoisotopic (exact) mass is 336 g/mol. The normalized spacial score (nSPS) is 35.0. The SMILES string of the molecule is COc1ccc([C@H]2C[C@]3(O)NC(=O)[C@](C#N)([C@H]3C)C2(C#N)C#N)cc1. The van der Waals surface area contributed by atoms with Crippen molar-refractivity contribution < 1.29 is 14.6 Å². The molecule has 2 aliphatic rings. The first-order chi connectivity index (χ1) is 11.8. The molecular formula is C18H16N4O3. The van der Waals surface area contributed by atoms with E-state index in [2.05, 4.69) is 5.32 Å². The summed E-state index contributed by atoms with van der Waals surface area (Å²) in [6.07, 6.45) is -0.0310. The van der Waals surface area contributed by atoms with Gasteiger partial charge in [0.05, 0.1) is 25.3 Å². The van der Waals surface area contributed by atoms with Gasteiger partial charge >= 0.3 is 0 Å². The number of nitrogens with zero attached hydrogens (tertiary/aromatic N) is 3. The van der Waals surface area contributed by atoms with Crippen molar-refractivity contribution in [2.45, 2.75) is 25.0 Å². The number of rotatable bonds is 2. The highest BCUT2D eigenvalue weighted by molar-refractivity contribution is 5.92. The Hall–Kier alpha value is -3.08. The van der Waals surface area contributed by atoms with E-state index in [1.165, 1.54) is 14.0 Å². The number of benzene rings is 1. The highest BCUT2D eigenvalue weighted by Gasteiger charge is 2.77. The number of carbonyl (C=O) groups is 1. The van der Waals surface area contributed by atoms with Crippen LogP contribution in [-0.2, 0) is 4.79 Å². The van der Waals surface area contributed by atoms with Gasteiger partial charge in [0.25, 0.3) is 0 Å². The van der Waals surface area contributed by atoms with Crippen molar-refractivity contribution in [3.8, 4) is 24.0 Å². The summed E-state index contributed by atoms with van der Waals surface area (Å²) in [5, 5.41) is 43.0. The number of amides is 1. The molecule has 25 heavy (non-hydrogen) atoms. The van der Waals surface area contributed by atoms with Crippen molar-refractivity contribution in [3.63, 3.8) is 0 Å². The number of nitrogens with one attached hydrogen (secondary N) is 1. The molecule has 0 radical (unpaired) electrons. The molecule has 2 fully saturated rings. The number of methoxy groups -OCH3 is 1. The van der Waals surface area contributed by atoms with Gasteiger partial charge < -0.3 is 15.2 Å². The molecule has 1 aromatic rings. The highest BCUT2D eigenvalue weighted by Crippen LogP contribution is 2.64. The lowest BCUT2D eigenvalue weighted by molar-refractivity contribution is -0.130. The second-order valence-corrected chi connectivity index (χ2v) is 6.58. The van der Waals surface area contributed by atoms with Gasteiger partial charge in [-0.25, -0.2) is 0 Å². The first kappa shape index (κ1) is 16.8. The van der Waals surface area contributed by atoms with Gasteiger partial charge in [0, 0.05) is 18.3 Å². The van der Waals surface area contributed by atoms with Crippen LogP contribution in [0, 0.1) is 50.7 Å². The van der Waals surface area contributed by atoms with Crippen molar-refractivity contribution in [2.75, 3.05) is 7.11 Å². The first-order valence-electron chi connectivity index (χ1n) is 7.78. The van der Waals surface area contributed by atoms with Crippen LogP contribution in [0.5, 0.6) is 5.75 Å². The number of carbonyl (C=O) groups excluding carboxylic acids is 1. The van der Waals surface area contributed by atoms with E-state index in [1.807, 2.05) is 18.2 Å². The zero-order valence-corrected chi connectivity index (χ0v) is 13.8. The Bertz CT molecular complexity index is 846. The summed E-state index contributed by atoms with van der Waals surface area (Å²) in [7, 11) is 1.52. The molecule has 7 nitrogen and oxygen atoms in total. The average molecular weight is 336 g/mol. The lowest BCUT2D eigenvalue weighted by Gasteiger charge is -2.48. The maximum atomic E-state index is 12.6. The summed E-state index contributed by atoms with van der Waals surface area (Å²) in [4.78, 5) is 12.6. The summed E-state index contributed by atoms with van der Waals surface area (Å²) in [5.74, 6) is -1.89.